The third-order valence-corrected chi connectivity index (χ3v) is 6.57. The molecule has 0 saturated carbocycles. The Balaban J connectivity index is 1.80. The van der Waals surface area contributed by atoms with Crippen molar-refractivity contribution in [1.29, 1.82) is 0 Å². The molecule has 6 nitrogen and oxygen atoms in total. The van der Waals surface area contributed by atoms with E-state index >= 15 is 0 Å². The number of rotatable bonds is 10. The molecule has 0 radical (unpaired) electrons. The van der Waals surface area contributed by atoms with Gasteiger partial charge in [0.25, 0.3) is 0 Å². The van der Waals surface area contributed by atoms with E-state index in [1.165, 1.54) is 0 Å². The highest BCUT2D eigenvalue weighted by Gasteiger charge is 2.11. The van der Waals surface area contributed by atoms with Crippen LogP contribution < -0.4 is 10.6 Å². The van der Waals surface area contributed by atoms with Gasteiger partial charge >= 0.3 is 0 Å². The van der Waals surface area contributed by atoms with Gasteiger partial charge in [0.15, 0.2) is 15.8 Å². The smallest absolute Gasteiger partial charge is 0.191 e. The first-order chi connectivity index (χ1) is 13.4. The van der Waals surface area contributed by atoms with Crippen molar-refractivity contribution < 1.29 is 8.42 Å². The summed E-state index contributed by atoms with van der Waals surface area (Å²) in [6.07, 6.45) is 0.536. The summed E-state index contributed by atoms with van der Waals surface area (Å²) in [5, 5.41) is 9.45. The molecule has 0 atom stereocenters. The molecule has 1 aromatic carbocycles. The maximum absolute atomic E-state index is 12.3. The Morgan fingerprint density at radius 2 is 1.96 bits per heavy atom. The molecular formula is C20H30N4O2S2. The van der Waals surface area contributed by atoms with Crippen LogP contribution >= 0.6 is 11.3 Å². The first kappa shape index (κ1) is 22.4. The van der Waals surface area contributed by atoms with Crippen LogP contribution in [-0.4, -0.2) is 38.2 Å². The van der Waals surface area contributed by atoms with Gasteiger partial charge in [-0.15, -0.1) is 11.3 Å². The Bertz CT molecular complexity index is 846. The normalized spacial score (nSPS) is 12.4. The minimum atomic E-state index is -3.11. The van der Waals surface area contributed by atoms with Gasteiger partial charge in [0, 0.05) is 18.5 Å². The molecule has 1 aromatic heterocycles. The standard InChI is InChI=1S/C20H30N4O2S2/c1-4-21-20(23-13-19-24-18(14-27-19)16(2)3)22-11-8-12-28(25,26)15-17-9-6-5-7-10-17/h5-7,9-10,14,16H,4,8,11-13,15H2,1-3H3,(H2,21,22,23). The minimum Gasteiger partial charge on any atom is -0.357 e. The number of guanidine groups is 1. The lowest BCUT2D eigenvalue weighted by atomic mass is 10.2. The third-order valence-electron chi connectivity index (χ3n) is 4.03. The third kappa shape index (κ3) is 7.98. The quantitative estimate of drug-likeness (QED) is 0.349. The van der Waals surface area contributed by atoms with E-state index in [1.54, 1.807) is 11.3 Å². The number of benzene rings is 1. The lowest BCUT2D eigenvalue weighted by Gasteiger charge is -2.11. The molecule has 0 unspecified atom stereocenters. The van der Waals surface area contributed by atoms with E-state index in [1.807, 2.05) is 37.3 Å². The molecule has 2 aromatic rings. The first-order valence-electron chi connectivity index (χ1n) is 9.60. The van der Waals surface area contributed by atoms with E-state index in [9.17, 15) is 8.42 Å². The summed E-state index contributed by atoms with van der Waals surface area (Å²) in [6, 6.07) is 9.29. The molecule has 0 aliphatic heterocycles. The SMILES string of the molecule is CCNC(=NCc1nc(C(C)C)cs1)NCCCS(=O)(=O)Cc1ccccc1. The largest absolute Gasteiger partial charge is 0.357 e. The summed E-state index contributed by atoms with van der Waals surface area (Å²) in [7, 11) is -3.11. The number of thiazole rings is 1. The van der Waals surface area contributed by atoms with Crippen LogP contribution in [0.2, 0.25) is 0 Å². The van der Waals surface area contributed by atoms with E-state index in [4.69, 9.17) is 0 Å². The van der Waals surface area contributed by atoms with Gasteiger partial charge in [0.1, 0.15) is 5.01 Å². The van der Waals surface area contributed by atoms with Crippen LogP contribution in [0.25, 0.3) is 0 Å². The highest BCUT2D eigenvalue weighted by atomic mass is 32.2. The average Bonchev–Trinajstić information content (AvgIpc) is 3.13. The van der Waals surface area contributed by atoms with E-state index in [2.05, 4.69) is 39.8 Å². The van der Waals surface area contributed by atoms with E-state index in [-0.39, 0.29) is 11.5 Å². The molecule has 154 valence electrons. The van der Waals surface area contributed by atoms with Crippen molar-refractivity contribution in [1.82, 2.24) is 15.6 Å². The molecule has 0 spiro atoms. The highest BCUT2D eigenvalue weighted by Crippen LogP contribution is 2.18. The molecule has 1 heterocycles. The average molecular weight is 423 g/mol. The van der Waals surface area contributed by atoms with Gasteiger partial charge in [0.2, 0.25) is 0 Å². The Morgan fingerprint density at radius 3 is 2.61 bits per heavy atom. The summed E-state index contributed by atoms with van der Waals surface area (Å²) >= 11 is 1.62. The summed E-state index contributed by atoms with van der Waals surface area (Å²) in [5.41, 5.74) is 1.92. The van der Waals surface area contributed by atoms with Gasteiger partial charge in [-0.1, -0.05) is 44.2 Å². The molecule has 2 rings (SSSR count). The zero-order chi connectivity index (χ0) is 20.4. The zero-order valence-corrected chi connectivity index (χ0v) is 18.4. The van der Waals surface area contributed by atoms with Crippen LogP contribution in [0, 0.1) is 0 Å². The van der Waals surface area contributed by atoms with Gasteiger partial charge in [-0.2, -0.15) is 0 Å². The van der Waals surface area contributed by atoms with Crippen LogP contribution in [-0.2, 0) is 22.1 Å². The van der Waals surface area contributed by atoms with Gasteiger partial charge in [0.05, 0.1) is 23.7 Å². The fourth-order valence-corrected chi connectivity index (χ4v) is 4.86. The number of aromatic nitrogens is 1. The monoisotopic (exact) mass is 422 g/mol. The molecular weight excluding hydrogens is 392 g/mol. The summed E-state index contributed by atoms with van der Waals surface area (Å²) in [4.78, 5) is 9.14. The Morgan fingerprint density at radius 1 is 1.21 bits per heavy atom. The molecule has 0 bridgehead atoms. The maximum atomic E-state index is 12.3. The molecule has 0 amide bonds. The number of hydrogen-bond donors (Lipinski definition) is 2. The van der Waals surface area contributed by atoms with Crippen LogP contribution in [0.3, 0.4) is 0 Å². The molecule has 0 aliphatic carbocycles. The van der Waals surface area contributed by atoms with Crippen LogP contribution in [0.4, 0.5) is 0 Å². The molecule has 0 aliphatic rings. The number of nitrogens with one attached hydrogen (secondary N) is 2. The van der Waals surface area contributed by atoms with Crippen molar-refractivity contribution in [2.24, 2.45) is 4.99 Å². The fourth-order valence-electron chi connectivity index (χ4n) is 2.55. The van der Waals surface area contributed by atoms with Crippen molar-refractivity contribution in [2.75, 3.05) is 18.8 Å². The molecule has 8 heteroatoms. The highest BCUT2D eigenvalue weighted by molar-refractivity contribution is 7.90. The number of aliphatic imine (C=N–C) groups is 1. The number of sulfone groups is 1. The van der Waals surface area contributed by atoms with Gasteiger partial charge < -0.3 is 10.6 Å². The molecule has 2 N–H and O–H groups in total. The van der Waals surface area contributed by atoms with Crippen molar-refractivity contribution in [3.8, 4) is 0 Å². The second kappa shape index (κ2) is 11.2. The van der Waals surface area contributed by atoms with E-state index in [0.717, 1.165) is 22.8 Å². The lowest BCUT2D eigenvalue weighted by Crippen LogP contribution is -2.38. The van der Waals surface area contributed by atoms with Crippen molar-refractivity contribution in [2.45, 2.75) is 45.4 Å². The maximum Gasteiger partial charge on any atom is 0.191 e. The predicted octanol–water partition coefficient (Wildman–Crippen LogP) is 3.33. The first-order valence-corrected chi connectivity index (χ1v) is 12.3. The second-order valence-corrected chi connectivity index (χ2v) is 10.0. The summed E-state index contributed by atoms with van der Waals surface area (Å²) in [6.45, 7) is 8.06. The van der Waals surface area contributed by atoms with Crippen LogP contribution in [0.15, 0.2) is 40.7 Å². The fraction of sp³-hybridized carbons (Fsp3) is 0.500. The molecule has 28 heavy (non-hydrogen) atoms. The lowest BCUT2D eigenvalue weighted by molar-refractivity contribution is 0.591. The molecule has 0 saturated heterocycles. The number of nitrogens with zero attached hydrogens (tertiary/aromatic N) is 2. The topological polar surface area (TPSA) is 83.4 Å². The number of hydrogen-bond acceptors (Lipinski definition) is 5. The minimum absolute atomic E-state index is 0.0875. The van der Waals surface area contributed by atoms with Gasteiger partial charge in [-0.25, -0.2) is 18.4 Å². The van der Waals surface area contributed by atoms with E-state index < -0.39 is 9.84 Å². The zero-order valence-electron chi connectivity index (χ0n) is 16.8. The second-order valence-electron chi connectivity index (χ2n) is 6.87. The Kier molecular flexibility index (Phi) is 8.92. The van der Waals surface area contributed by atoms with Gasteiger partial charge in [-0.3, -0.25) is 0 Å². The van der Waals surface area contributed by atoms with Gasteiger partial charge in [-0.05, 0) is 24.8 Å². The predicted molar refractivity (Wildman–Crippen MR) is 118 cm³/mol. The Hall–Kier alpha value is -1.93. The van der Waals surface area contributed by atoms with Crippen LogP contribution in [0.1, 0.15) is 49.4 Å². The van der Waals surface area contributed by atoms with Crippen molar-refractivity contribution in [3.63, 3.8) is 0 Å². The summed E-state index contributed by atoms with van der Waals surface area (Å²) < 4.78 is 24.5. The Labute approximate surface area is 172 Å². The van der Waals surface area contributed by atoms with Crippen molar-refractivity contribution >= 4 is 27.1 Å². The molecule has 0 fully saturated rings. The summed E-state index contributed by atoms with van der Waals surface area (Å²) in [5.74, 6) is 1.34. The van der Waals surface area contributed by atoms with Crippen molar-refractivity contribution in [3.05, 3.63) is 52.0 Å². The van der Waals surface area contributed by atoms with E-state index in [0.29, 0.717) is 31.4 Å². The van der Waals surface area contributed by atoms with Crippen LogP contribution in [0.5, 0.6) is 0 Å².